The van der Waals surface area contributed by atoms with Crippen LogP contribution in [0.5, 0.6) is 0 Å². The fourth-order valence-electron chi connectivity index (χ4n) is 1.86. The quantitative estimate of drug-likeness (QED) is 0.461. The molecule has 0 saturated heterocycles. The van der Waals surface area contributed by atoms with Crippen molar-refractivity contribution in [2.75, 3.05) is 53.6 Å². The topological polar surface area (TPSA) is 62.8 Å². The van der Waals surface area contributed by atoms with Gasteiger partial charge in [-0.2, -0.15) is 0 Å². The molecule has 2 N–H and O–H groups in total. The lowest BCUT2D eigenvalue weighted by molar-refractivity contribution is 0.0442. The highest BCUT2D eigenvalue weighted by atomic mass is 16.5. The SMILES string of the molecule is C#CC1=CCC(NC(=O)NCCOCCOCCN(C)C)C=C1. The van der Waals surface area contributed by atoms with Gasteiger partial charge in [0, 0.05) is 18.7 Å². The standard InChI is InChI=1S/C17H27N3O3/c1-4-15-5-7-16(8-6-15)19-17(21)18-9-11-22-13-14-23-12-10-20(2)3/h1,5-7,16H,8-14H2,2-3H3,(H2,18,19,21). The highest BCUT2D eigenvalue weighted by molar-refractivity contribution is 5.74. The van der Waals surface area contributed by atoms with Crippen molar-refractivity contribution in [3.63, 3.8) is 0 Å². The normalized spacial score (nSPS) is 16.8. The maximum atomic E-state index is 11.7. The Morgan fingerprint density at radius 2 is 2.09 bits per heavy atom. The van der Waals surface area contributed by atoms with Gasteiger partial charge in [-0.3, -0.25) is 0 Å². The van der Waals surface area contributed by atoms with Gasteiger partial charge in [-0.1, -0.05) is 18.1 Å². The molecule has 23 heavy (non-hydrogen) atoms. The smallest absolute Gasteiger partial charge is 0.315 e. The van der Waals surface area contributed by atoms with E-state index in [2.05, 4.69) is 21.5 Å². The van der Waals surface area contributed by atoms with Gasteiger partial charge < -0.3 is 25.0 Å². The lowest BCUT2D eigenvalue weighted by Crippen LogP contribution is -2.42. The zero-order valence-corrected chi connectivity index (χ0v) is 14.0. The van der Waals surface area contributed by atoms with Gasteiger partial charge in [0.2, 0.25) is 0 Å². The second-order valence-corrected chi connectivity index (χ2v) is 5.43. The largest absolute Gasteiger partial charge is 0.378 e. The van der Waals surface area contributed by atoms with Crippen molar-refractivity contribution in [3.8, 4) is 12.3 Å². The number of ether oxygens (including phenoxy) is 2. The summed E-state index contributed by atoms with van der Waals surface area (Å²) in [5.41, 5.74) is 0.852. The van der Waals surface area contributed by atoms with Crippen LogP contribution in [0.2, 0.25) is 0 Å². The molecule has 0 aromatic heterocycles. The zero-order chi connectivity index (χ0) is 16.9. The molecule has 0 aromatic rings. The van der Waals surface area contributed by atoms with Crippen LogP contribution in [0.15, 0.2) is 23.8 Å². The Balaban J connectivity index is 1.94. The molecule has 0 bridgehead atoms. The molecule has 6 nitrogen and oxygen atoms in total. The van der Waals surface area contributed by atoms with Crippen LogP contribution in [0.25, 0.3) is 0 Å². The highest BCUT2D eigenvalue weighted by Crippen LogP contribution is 2.09. The van der Waals surface area contributed by atoms with Crippen molar-refractivity contribution < 1.29 is 14.3 Å². The summed E-state index contributed by atoms with van der Waals surface area (Å²) in [5.74, 6) is 2.57. The number of amides is 2. The summed E-state index contributed by atoms with van der Waals surface area (Å²) in [6.07, 6.45) is 11.7. The summed E-state index contributed by atoms with van der Waals surface area (Å²) < 4.78 is 10.8. The maximum Gasteiger partial charge on any atom is 0.315 e. The number of carbonyl (C=O) groups is 1. The van der Waals surface area contributed by atoms with E-state index < -0.39 is 0 Å². The van der Waals surface area contributed by atoms with Crippen molar-refractivity contribution in [1.82, 2.24) is 15.5 Å². The lowest BCUT2D eigenvalue weighted by atomic mass is 10.0. The van der Waals surface area contributed by atoms with Gasteiger partial charge >= 0.3 is 6.03 Å². The van der Waals surface area contributed by atoms with Crippen molar-refractivity contribution in [1.29, 1.82) is 0 Å². The second-order valence-electron chi connectivity index (χ2n) is 5.43. The number of terminal acetylenes is 1. The summed E-state index contributed by atoms with van der Waals surface area (Å²) >= 11 is 0. The van der Waals surface area contributed by atoms with Crippen molar-refractivity contribution in [3.05, 3.63) is 23.8 Å². The summed E-state index contributed by atoms with van der Waals surface area (Å²) in [5, 5.41) is 5.61. The molecule has 1 aliphatic rings. The minimum absolute atomic E-state index is 0.0156. The van der Waals surface area contributed by atoms with E-state index in [1.165, 1.54) is 0 Å². The summed E-state index contributed by atoms with van der Waals surface area (Å²) in [7, 11) is 4.01. The Morgan fingerprint density at radius 1 is 1.35 bits per heavy atom. The molecule has 0 heterocycles. The Kier molecular flexibility index (Phi) is 9.80. The van der Waals surface area contributed by atoms with Crippen molar-refractivity contribution in [2.24, 2.45) is 0 Å². The number of likely N-dealkylation sites (N-methyl/N-ethyl adjacent to an activating group) is 1. The Hall–Kier alpha value is -1.81. The average molecular weight is 321 g/mol. The Morgan fingerprint density at radius 3 is 2.70 bits per heavy atom. The Labute approximate surface area is 138 Å². The summed E-state index contributed by atoms with van der Waals surface area (Å²) in [4.78, 5) is 13.8. The van der Waals surface area contributed by atoms with E-state index in [1.54, 1.807) is 0 Å². The van der Waals surface area contributed by atoms with Gasteiger partial charge in [-0.15, -0.1) is 6.42 Å². The number of allylic oxidation sites excluding steroid dienone is 2. The first kappa shape index (κ1) is 19.2. The van der Waals surface area contributed by atoms with E-state index in [-0.39, 0.29) is 12.1 Å². The van der Waals surface area contributed by atoms with E-state index in [0.717, 1.165) is 12.1 Å². The third-order valence-corrected chi connectivity index (χ3v) is 3.17. The molecule has 0 fully saturated rings. The van der Waals surface area contributed by atoms with E-state index in [9.17, 15) is 4.79 Å². The van der Waals surface area contributed by atoms with Gasteiger partial charge in [0.15, 0.2) is 0 Å². The van der Waals surface area contributed by atoms with E-state index in [4.69, 9.17) is 15.9 Å². The minimum atomic E-state index is -0.206. The van der Waals surface area contributed by atoms with E-state index in [1.807, 2.05) is 32.3 Å². The molecular weight excluding hydrogens is 294 g/mol. The molecule has 0 saturated carbocycles. The molecule has 6 heteroatoms. The van der Waals surface area contributed by atoms with Crippen molar-refractivity contribution >= 4 is 6.03 Å². The summed E-state index contributed by atoms with van der Waals surface area (Å²) in [6.45, 7) is 3.62. The van der Waals surface area contributed by atoms with E-state index >= 15 is 0 Å². The number of nitrogens with zero attached hydrogens (tertiary/aromatic N) is 1. The highest BCUT2D eigenvalue weighted by Gasteiger charge is 2.10. The van der Waals surface area contributed by atoms with Crippen LogP contribution in [-0.4, -0.2) is 70.6 Å². The molecule has 1 unspecified atom stereocenters. The van der Waals surface area contributed by atoms with Crippen LogP contribution < -0.4 is 10.6 Å². The molecule has 1 atom stereocenters. The molecule has 1 rings (SSSR count). The predicted octanol–water partition coefficient (Wildman–Crippen LogP) is 0.769. The number of carbonyl (C=O) groups excluding carboxylic acids is 1. The molecule has 128 valence electrons. The summed E-state index contributed by atoms with van der Waals surface area (Å²) in [6, 6.07) is -0.221. The average Bonchev–Trinajstić information content (AvgIpc) is 2.53. The van der Waals surface area contributed by atoms with Gasteiger partial charge in [0.1, 0.15) is 0 Å². The van der Waals surface area contributed by atoms with Crippen LogP contribution in [0.4, 0.5) is 4.79 Å². The zero-order valence-electron chi connectivity index (χ0n) is 14.0. The number of rotatable bonds is 10. The number of hydrogen-bond acceptors (Lipinski definition) is 4. The lowest BCUT2D eigenvalue weighted by Gasteiger charge is -2.17. The van der Waals surface area contributed by atoms with Crippen LogP contribution in [-0.2, 0) is 9.47 Å². The van der Waals surface area contributed by atoms with Gasteiger partial charge in [-0.25, -0.2) is 4.79 Å². The molecule has 2 amide bonds. The van der Waals surface area contributed by atoms with Crippen LogP contribution in [0, 0.1) is 12.3 Å². The first-order chi connectivity index (χ1) is 11.1. The molecule has 0 radical (unpaired) electrons. The second kappa shape index (κ2) is 11.7. The molecular formula is C17H27N3O3. The molecule has 0 aromatic carbocycles. The van der Waals surface area contributed by atoms with Gasteiger partial charge in [-0.05, 0) is 26.6 Å². The number of nitrogens with one attached hydrogen (secondary N) is 2. The predicted molar refractivity (Wildman–Crippen MR) is 91.2 cm³/mol. The molecule has 1 aliphatic carbocycles. The minimum Gasteiger partial charge on any atom is -0.378 e. The van der Waals surface area contributed by atoms with Gasteiger partial charge in [0.05, 0.1) is 32.5 Å². The molecule has 0 spiro atoms. The first-order valence-electron chi connectivity index (χ1n) is 7.81. The fourth-order valence-corrected chi connectivity index (χ4v) is 1.86. The van der Waals surface area contributed by atoms with Crippen LogP contribution >= 0.6 is 0 Å². The van der Waals surface area contributed by atoms with Crippen LogP contribution in [0.3, 0.4) is 0 Å². The third kappa shape index (κ3) is 9.74. The first-order valence-corrected chi connectivity index (χ1v) is 7.81. The fraction of sp³-hybridized carbons (Fsp3) is 0.588. The monoisotopic (exact) mass is 321 g/mol. The molecule has 0 aliphatic heterocycles. The van der Waals surface area contributed by atoms with Crippen LogP contribution in [0.1, 0.15) is 6.42 Å². The van der Waals surface area contributed by atoms with E-state index in [0.29, 0.717) is 39.4 Å². The maximum absolute atomic E-state index is 11.7. The third-order valence-electron chi connectivity index (χ3n) is 3.17. The number of hydrogen-bond donors (Lipinski definition) is 2. The van der Waals surface area contributed by atoms with Gasteiger partial charge in [0.25, 0.3) is 0 Å². The Bertz CT molecular complexity index is 452. The number of urea groups is 1. The van der Waals surface area contributed by atoms with Crippen molar-refractivity contribution in [2.45, 2.75) is 12.5 Å².